The standard InChI is InChI=1S/C20H32N2O3/c1-3-4-8-14-24-19-11-9-10-18(15-19)21-20(23)25-17(2)16-22-12-6-5-7-13-22/h9-11,15,17H,3-8,12-14,16H2,1-2H3,(H,21,23)/p+1/t17-/m1/s1. The zero-order valence-corrected chi connectivity index (χ0v) is 15.7. The molecule has 2 N–H and O–H groups in total. The molecule has 5 heteroatoms. The van der Waals surface area contributed by atoms with Crippen LogP contribution in [-0.4, -0.2) is 48.4 Å². The molecule has 1 fully saturated rings. The van der Waals surface area contributed by atoms with E-state index in [9.17, 15) is 5.11 Å². The van der Waals surface area contributed by atoms with Gasteiger partial charge in [0.1, 0.15) is 11.9 Å². The second-order valence-corrected chi connectivity index (χ2v) is 6.80. The molecule has 0 unspecified atom stereocenters. The summed E-state index contributed by atoms with van der Waals surface area (Å²) in [7, 11) is 0. The normalized spacial score (nSPS) is 17.3. The van der Waals surface area contributed by atoms with Crippen molar-refractivity contribution < 1.29 is 19.6 Å². The van der Waals surface area contributed by atoms with Gasteiger partial charge < -0.3 is 14.6 Å². The quantitative estimate of drug-likeness (QED) is 0.409. The van der Waals surface area contributed by atoms with Gasteiger partial charge in [0.25, 0.3) is 0 Å². The summed E-state index contributed by atoms with van der Waals surface area (Å²) in [6.45, 7) is 7.97. The molecule has 1 aromatic carbocycles. The van der Waals surface area contributed by atoms with E-state index in [4.69, 9.17) is 9.47 Å². The highest BCUT2D eigenvalue weighted by Gasteiger charge is 2.17. The smallest absolute Gasteiger partial charge is 0.493 e. The van der Waals surface area contributed by atoms with Gasteiger partial charge in [0.2, 0.25) is 5.69 Å². The van der Waals surface area contributed by atoms with Crippen LogP contribution < -0.4 is 9.73 Å². The maximum Gasteiger partial charge on any atom is 0.551 e. The summed E-state index contributed by atoms with van der Waals surface area (Å²) in [6, 6.07) is 7.59. The van der Waals surface area contributed by atoms with Gasteiger partial charge >= 0.3 is 6.08 Å². The highest BCUT2D eigenvalue weighted by atomic mass is 16.6. The number of aliphatic hydroxyl groups is 1. The summed E-state index contributed by atoms with van der Waals surface area (Å²) in [5.74, 6) is 0.801. The topological polar surface area (TPSA) is 55.9 Å². The van der Waals surface area contributed by atoms with Crippen molar-refractivity contribution in [1.82, 2.24) is 4.90 Å². The van der Waals surface area contributed by atoms with Crippen LogP contribution in [0.4, 0.5) is 5.69 Å². The van der Waals surface area contributed by atoms with Crippen LogP contribution in [0.3, 0.4) is 0 Å². The SMILES string of the molecule is CCCCCOc1cccc([NH+]=C(O)O[C@H](C)CN2CCCCC2)c1. The number of nitrogens with zero attached hydrogens (tertiary/aromatic N) is 1. The van der Waals surface area contributed by atoms with Gasteiger partial charge in [0, 0.05) is 12.6 Å². The van der Waals surface area contributed by atoms with Crippen molar-refractivity contribution in [2.24, 2.45) is 0 Å². The number of nitrogens with one attached hydrogen (secondary N) is 1. The molecule has 140 valence electrons. The first-order valence-electron chi connectivity index (χ1n) is 9.62. The maximum atomic E-state index is 10.1. The fourth-order valence-corrected chi connectivity index (χ4v) is 3.09. The van der Waals surface area contributed by atoms with Crippen LogP contribution in [0.5, 0.6) is 5.75 Å². The Morgan fingerprint density at radius 3 is 2.80 bits per heavy atom. The van der Waals surface area contributed by atoms with E-state index in [2.05, 4.69) is 16.8 Å². The Labute approximate surface area is 151 Å². The minimum absolute atomic E-state index is 0.0564. The monoisotopic (exact) mass is 349 g/mol. The molecular weight excluding hydrogens is 316 g/mol. The Balaban J connectivity index is 1.81. The predicted octanol–water partition coefficient (Wildman–Crippen LogP) is 2.77. The van der Waals surface area contributed by atoms with E-state index >= 15 is 0 Å². The molecule has 25 heavy (non-hydrogen) atoms. The molecule has 0 aliphatic carbocycles. The average molecular weight is 349 g/mol. The van der Waals surface area contributed by atoms with Crippen LogP contribution in [0.25, 0.3) is 0 Å². The lowest BCUT2D eigenvalue weighted by Gasteiger charge is -2.28. The number of rotatable bonds is 9. The fourth-order valence-electron chi connectivity index (χ4n) is 3.09. The van der Waals surface area contributed by atoms with Crippen LogP contribution in [0, 0.1) is 0 Å². The Morgan fingerprint density at radius 2 is 2.04 bits per heavy atom. The number of hydrogen-bond donors (Lipinski definition) is 2. The molecule has 1 atom stereocenters. The third kappa shape index (κ3) is 7.78. The third-order valence-electron chi connectivity index (χ3n) is 4.38. The first kappa shape index (κ1) is 19.6. The number of piperidine rings is 1. The number of unbranched alkanes of at least 4 members (excludes halogenated alkanes) is 2. The van der Waals surface area contributed by atoms with Crippen molar-refractivity contribution in [3.05, 3.63) is 24.3 Å². The largest absolute Gasteiger partial charge is 0.551 e. The third-order valence-corrected chi connectivity index (χ3v) is 4.38. The summed E-state index contributed by atoms with van der Waals surface area (Å²) in [5, 5.41) is 10.1. The molecule has 1 heterocycles. The van der Waals surface area contributed by atoms with Crippen LogP contribution in [0.1, 0.15) is 52.4 Å². The first-order chi connectivity index (χ1) is 12.2. The molecule has 1 saturated heterocycles. The van der Waals surface area contributed by atoms with Crippen LogP contribution in [0.15, 0.2) is 24.3 Å². The highest BCUT2D eigenvalue weighted by Crippen LogP contribution is 2.14. The number of hydrogen-bond acceptors (Lipinski definition) is 3. The molecule has 1 aliphatic heterocycles. The number of aliphatic hydroxyl groups excluding tert-OH is 1. The lowest BCUT2D eigenvalue weighted by molar-refractivity contribution is -0.383. The molecular formula is C20H33N2O3+. The Morgan fingerprint density at radius 1 is 1.24 bits per heavy atom. The Hall–Kier alpha value is -1.75. The maximum absolute atomic E-state index is 10.1. The van der Waals surface area contributed by atoms with Crippen molar-refractivity contribution in [2.75, 3.05) is 26.2 Å². The van der Waals surface area contributed by atoms with E-state index in [1.165, 1.54) is 32.1 Å². The highest BCUT2D eigenvalue weighted by molar-refractivity contribution is 5.59. The van der Waals surface area contributed by atoms with Crippen LogP contribution >= 0.6 is 0 Å². The summed E-state index contributed by atoms with van der Waals surface area (Å²) in [6.07, 6.45) is 7.03. The lowest BCUT2D eigenvalue weighted by atomic mass is 10.1. The summed E-state index contributed by atoms with van der Waals surface area (Å²) in [5.41, 5.74) is 0.760. The summed E-state index contributed by atoms with van der Waals surface area (Å²) in [4.78, 5) is 5.30. The van der Waals surface area contributed by atoms with Gasteiger partial charge in [-0.15, -0.1) is 4.99 Å². The number of likely N-dealkylation sites (tertiary alicyclic amines) is 1. The van der Waals surface area contributed by atoms with Gasteiger partial charge in [-0.2, -0.15) is 0 Å². The molecule has 0 saturated carbocycles. The van der Waals surface area contributed by atoms with E-state index in [1.807, 2.05) is 31.2 Å². The van der Waals surface area contributed by atoms with Gasteiger partial charge in [-0.25, -0.2) is 0 Å². The minimum atomic E-state index is -0.160. The van der Waals surface area contributed by atoms with Crippen molar-refractivity contribution in [3.63, 3.8) is 0 Å². The van der Waals surface area contributed by atoms with Crippen molar-refractivity contribution in [2.45, 2.75) is 58.5 Å². The second kappa shape index (κ2) is 11.0. The number of ether oxygens (including phenoxy) is 2. The molecule has 0 aromatic heterocycles. The van der Waals surface area contributed by atoms with Crippen LogP contribution in [-0.2, 0) is 4.74 Å². The van der Waals surface area contributed by atoms with E-state index in [1.54, 1.807) is 0 Å². The lowest BCUT2D eigenvalue weighted by Crippen LogP contribution is -2.67. The first-order valence-corrected chi connectivity index (χ1v) is 9.62. The van der Waals surface area contributed by atoms with Crippen LogP contribution in [0.2, 0.25) is 0 Å². The Kier molecular flexibility index (Phi) is 8.60. The molecule has 0 radical (unpaired) electrons. The average Bonchev–Trinajstić information content (AvgIpc) is 2.59. The van der Waals surface area contributed by atoms with Gasteiger partial charge in [-0.05, 0) is 45.3 Å². The van der Waals surface area contributed by atoms with E-state index < -0.39 is 0 Å². The molecule has 2 rings (SSSR count). The van der Waals surface area contributed by atoms with Gasteiger partial charge in [-0.1, -0.05) is 32.3 Å². The molecule has 5 nitrogen and oxygen atoms in total. The zero-order valence-electron chi connectivity index (χ0n) is 15.7. The summed E-state index contributed by atoms with van der Waals surface area (Å²) < 4.78 is 11.3. The van der Waals surface area contributed by atoms with Crippen molar-refractivity contribution in [1.29, 1.82) is 0 Å². The zero-order chi connectivity index (χ0) is 17.9. The minimum Gasteiger partial charge on any atom is -0.493 e. The van der Waals surface area contributed by atoms with Crippen molar-refractivity contribution >= 4 is 11.8 Å². The van der Waals surface area contributed by atoms with Gasteiger partial charge in [-0.3, -0.25) is 4.90 Å². The van der Waals surface area contributed by atoms with E-state index in [0.717, 1.165) is 44.1 Å². The molecule has 0 amide bonds. The predicted molar refractivity (Wildman–Crippen MR) is 101 cm³/mol. The molecule has 0 spiro atoms. The van der Waals surface area contributed by atoms with Gasteiger partial charge in [0.05, 0.1) is 12.7 Å². The van der Waals surface area contributed by atoms with E-state index in [0.29, 0.717) is 0 Å². The molecule has 0 bridgehead atoms. The summed E-state index contributed by atoms with van der Waals surface area (Å²) >= 11 is 0. The van der Waals surface area contributed by atoms with Gasteiger partial charge in [0.15, 0.2) is 0 Å². The fraction of sp³-hybridized carbons (Fsp3) is 0.650. The molecule has 1 aromatic rings. The van der Waals surface area contributed by atoms with Crippen molar-refractivity contribution in [3.8, 4) is 5.75 Å². The number of benzene rings is 1. The van der Waals surface area contributed by atoms with E-state index in [-0.39, 0.29) is 12.2 Å². The Bertz CT molecular complexity index is 527. The molecule has 1 aliphatic rings. The second-order valence-electron chi connectivity index (χ2n) is 6.80.